The highest BCUT2D eigenvalue weighted by atomic mass is 16.3. The van der Waals surface area contributed by atoms with E-state index in [0.717, 1.165) is 0 Å². The first-order valence-electron chi connectivity index (χ1n) is 8.17. The molecule has 0 atom stereocenters. The molecule has 0 saturated heterocycles. The number of hydrazone groups is 1. The fraction of sp³-hybridized carbons (Fsp3) is 0. The van der Waals surface area contributed by atoms with E-state index in [2.05, 4.69) is 15.5 Å². The van der Waals surface area contributed by atoms with Gasteiger partial charge >= 0.3 is 0 Å². The van der Waals surface area contributed by atoms with Gasteiger partial charge in [0.25, 0.3) is 5.91 Å². The Morgan fingerprint density at radius 1 is 0.778 bits per heavy atom. The van der Waals surface area contributed by atoms with Crippen LogP contribution in [0.1, 0.15) is 21.5 Å². The van der Waals surface area contributed by atoms with Gasteiger partial charge in [-0.05, 0) is 36.4 Å². The second-order valence-electron chi connectivity index (χ2n) is 5.59. The third-order valence-corrected chi connectivity index (χ3v) is 3.73. The maximum atomic E-state index is 12.4. The first-order valence-corrected chi connectivity index (χ1v) is 8.17. The molecule has 0 aliphatic heterocycles. The summed E-state index contributed by atoms with van der Waals surface area (Å²) in [6.07, 6.45) is 2.86. The Bertz CT molecular complexity index is 1010. The lowest BCUT2D eigenvalue weighted by Gasteiger charge is -2.04. The van der Waals surface area contributed by atoms with Crippen LogP contribution in [-0.2, 0) is 0 Å². The molecular weight excluding hydrogens is 342 g/mol. The lowest BCUT2D eigenvalue weighted by atomic mass is 10.1. The van der Waals surface area contributed by atoms with Crippen LogP contribution >= 0.6 is 0 Å². The molecule has 0 spiro atoms. The molecule has 0 aliphatic rings. The van der Waals surface area contributed by atoms with Gasteiger partial charge in [0.1, 0.15) is 11.5 Å². The smallest absolute Gasteiger partial charge is 0.273 e. The minimum atomic E-state index is -0.438. The number of benzene rings is 3. The number of rotatable bonds is 5. The molecule has 134 valence electrons. The average molecular weight is 359 g/mol. The van der Waals surface area contributed by atoms with Gasteiger partial charge in [0.15, 0.2) is 0 Å². The molecule has 0 aliphatic carbocycles. The van der Waals surface area contributed by atoms with Crippen LogP contribution < -0.4 is 5.43 Å². The minimum absolute atomic E-state index is 0.0724. The number of aliphatic imine (C=N–C) groups is 1. The topological polar surface area (TPSA) is 94.3 Å². The summed E-state index contributed by atoms with van der Waals surface area (Å²) in [5, 5.41) is 23.4. The van der Waals surface area contributed by atoms with E-state index in [1.54, 1.807) is 66.7 Å². The van der Waals surface area contributed by atoms with E-state index in [9.17, 15) is 15.0 Å². The Kier molecular flexibility index (Phi) is 5.59. The standard InChI is InChI=1S/C21H17N3O3/c25-19-11-5-1-7-15(19)13-22-18-10-4-3-9-17(18)21(27)24-23-14-16-8-2-6-12-20(16)26/h1-14,25-26H,(H,24,27)/b22-13?,23-14-. The van der Waals surface area contributed by atoms with Crippen LogP contribution in [0.5, 0.6) is 11.5 Å². The normalized spacial score (nSPS) is 11.1. The predicted molar refractivity (Wildman–Crippen MR) is 105 cm³/mol. The Hall–Kier alpha value is -3.93. The zero-order chi connectivity index (χ0) is 19.1. The summed E-state index contributed by atoms with van der Waals surface area (Å²) >= 11 is 0. The van der Waals surface area contributed by atoms with Crippen molar-refractivity contribution >= 4 is 24.0 Å². The highest BCUT2D eigenvalue weighted by Crippen LogP contribution is 2.20. The van der Waals surface area contributed by atoms with Crippen molar-refractivity contribution in [2.24, 2.45) is 10.1 Å². The van der Waals surface area contributed by atoms with Crippen molar-refractivity contribution < 1.29 is 15.0 Å². The first kappa shape index (κ1) is 17.9. The Morgan fingerprint density at radius 2 is 1.33 bits per heavy atom. The number of phenolic OH excluding ortho intramolecular Hbond substituents is 2. The van der Waals surface area contributed by atoms with Crippen molar-refractivity contribution in [2.75, 3.05) is 0 Å². The molecule has 0 bridgehead atoms. The fourth-order valence-electron chi connectivity index (χ4n) is 2.33. The molecule has 0 unspecified atom stereocenters. The summed E-state index contributed by atoms with van der Waals surface area (Å²) in [6.45, 7) is 0. The van der Waals surface area contributed by atoms with Crippen LogP contribution in [0, 0.1) is 0 Å². The zero-order valence-electron chi connectivity index (χ0n) is 14.3. The number of aromatic hydroxyl groups is 2. The van der Waals surface area contributed by atoms with Crippen molar-refractivity contribution in [1.82, 2.24) is 5.43 Å². The molecule has 3 rings (SSSR count). The summed E-state index contributed by atoms with van der Waals surface area (Å²) < 4.78 is 0. The largest absolute Gasteiger partial charge is 0.507 e. The van der Waals surface area contributed by atoms with Crippen molar-refractivity contribution in [3.8, 4) is 11.5 Å². The summed E-state index contributed by atoms with van der Waals surface area (Å²) in [5.74, 6) is -0.259. The van der Waals surface area contributed by atoms with Gasteiger partial charge in [0, 0.05) is 17.3 Å². The molecule has 0 saturated carbocycles. The highest BCUT2D eigenvalue weighted by molar-refractivity contribution is 6.00. The van der Waals surface area contributed by atoms with Crippen LogP contribution in [0.15, 0.2) is 82.9 Å². The number of hydrogen-bond donors (Lipinski definition) is 3. The number of carbonyl (C=O) groups is 1. The van der Waals surface area contributed by atoms with Crippen molar-refractivity contribution in [3.63, 3.8) is 0 Å². The molecule has 6 nitrogen and oxygen atoms in total. The fourth-order valence-corrected chi connectivity index (χ4v) is 2.33. The zero-order valence-corrected chi connectivity index (χ0v) is 14.3. The van der Waals surface area contributed by atoms with Gasteiger partial charge in [-0.1, -0.05) is 36.4 Å². The van der Waals surface area contributed by atoms with E-state index in [0.29, 0.717) is 22.4 Å². The maximum Gasteiger partial charge on any atom is 0.273 e. The number of phenols is 2. The van der Waals surface area contributed by atoms with Crippen molar-refractivity contribution in [3.05, 3.63) is 89.5 Å². The molecular formula is C21H17N3O3. The van der Waals surface area contributed by atoms with Crippen LogP contribution in [0.4, 0.5) is 5.69 Å². The second-order valence-corrected chi connectivity index (χ2v) is 5.59. The summed E-state index contributed by atoms with van der Waals surface area (Å²) in [4.78, 5) is 16.7. The van der Waals surface area contributed by atoms with E-state index in [1.807, 2.05) is 0 Å². The van der Waals surface area contributed by atoms with Crippen molar-refractivity contribution in [2.45, 2.75) is 0 Å². The van der Waals surface area contributed by atoms with Gasteiger partial charge < -0.3 is 10.2 Å². The predicted octanol–water partition coefficient (Wildman–Crippen LogP) is 3.61. The summed E-state index contributed by atoms with van der Waals surface area (Å²) in [7, 11) is 0. The maximum absolute atomic E-state index is 12.4. The Morgan fingerprint density at radius 3 is 2.00 bits per heavy atom. The van der Waals surface area contributed by atoms with E-state index in [4.69, 9.17) is 0 Å². The molecule has 3 N–H and O–H groups in total. The number of hydrogen-bond acceptors (Lipinski definition) is 5. The minimum Gasteiger partial charge on any atom is -0.507 e. The molecule has 6 heteroatoms. The molecule has 1 amide bonds. The number of nitrogens with one attached hydrogen (secondary N) is 1. The Balaban J connectivity index is 1.76. The van der Waals surface area contributed by atoms with E-state index in [-0.39, 0.29) is 11.5 Å². The van der Waals surface area contributed by atoms with Crippen LogP contribution in [0.25, 0.3) is 0 Å². The van der Waals surface area contributed by atoms with Crippen LogP contribution in [0.2, 0.25) is 0 Å². The third-order valence-electron chi connectivity index (χ3n) is 3.73. The van der Waals surface area contributed by atoms with Gasteiger partial charge in [-0.2, -0.15) is 5.10 Å². The van der Waals surface area contributed by atoms with Gasteiger partial charge in [-0.3, -0.25) is 9.79 Å². The molecule has 0 aromatic heterocycles. The summed E-state index contributed by atoms with van der Waals surface area (Å²) in [6, 6.07) is 20.3. The van der Waals surface area contributed by atoms with Crippen molar-refractivity contribution in [1.29, 1.82) is 0 Å². The number of carbonyl (C=O) groups excluding carboxylic acids is 1. The molecule has 0 radical (unpaired) electrons. The first-order chi connectivity index (χ1) is 13.1. The lowest BCUT2D eigenvalue weighted by molar-refractivity contribution is 0.0956. The summed E-state index contributed by atoms with van der Waals surface area (Å²) in [5.41, 5.74) is 4.23. The molecule has 3 aromatic rings. The molecule has 0 fully saturated rings. The SMILES string of the molecule is O=C(N/N=C\c1ccccc1O)c1ccccc1N=Cc1ccccc1O. The number of nitrogens with zero attached hydrogens (tertiary/aromatic N) is 2. The van der Waals surface area contributed by atoms with E-state index < -0.39 is 5.91 Å². The second kappa shape index (κ2) is 8.44. The highest BCUT2D eigenvalue weighted by Gasteiger charge is 2.09. The van der Waals surface area contributed by atoms with Crippen LogP contribution in [0.3, 0.4) is 0 Å². The van der Waals surface area contributed by atoms with Gasteiger partial charge in [-0.15, -0.1) is 0 Å². The lowest BCUT2D eigenvalue weighted by Crippen LogP contribution is -2.17. The average Bonchev–Trinajstić information content (AvgIpc) is 2.69. The van der Waals surface area contributed by atoms with E-state index >= 15 is 0 Å². The third kappa shape index (κ3) is 4.58. The van der Waals surface area contributed by atoms with Gasteiger partial charge in [0.2, 0.25) is 0 Å². The number of para-hydroxylation sites is 3. The Labute approximate surface area is 156 Å². The number of amides is 1. The molecule has 27 heavy (non-hydrogen) atoms. The quantitative estimate of drug-likeness (QED) is 0.480. The monoisotopic (exact) mass is 359 g/mol. The van der Waals surface area contributed by atoms with Gasteiger partial charge in [0.05, 0.1) is 17.5 Å². The van der Waals surface area contributed by atoms with Crippen LogP contribution in [-0.4, -0.2) is 28.5 Å². The molecule has 0 heterocycles. The van der Waals surface area contributed by atoms with E-state index in [1.165, 1.54) is 18.5 Å². The van der Waals surface area contributed by atoms with Gasteiger partial charge in [-0.25, -0.2) is 5.43 Å². The molecule has 3 aromatic carbocycles.